The van der Waals surface area contributed by atoms with Gasteiger partial charge in [0.1, 0.15) is 5.82 Å². The molecule has 0 aliphatic rings. The fourth-order valence-corrected chi connectivity index (χ4v) is 2.75. The zero-order valence-corrected chi connectivity index (χ0v) is 11.8. The van der Waals surface area contributed by atoms with E-state index in [1.165, 1.54) is 11.0 Å². The van der Waals surface area contributed by atoms with Gasteiger partial charge in [-0.1, -0.05) is 36.9 Å². The van der Waals surface area contributed by atoms with E-state index in [2.05, 4.69) is 24.4 Å². The number of halogens is 1. The Bertz CT molecular complexity index is 513. The third kappa shape index (κ3) is 4.37. The zero-order chi connectivity index (χ0) is 13.5. The summed E-state index contributed by atoms with van der Waals surface area (Å²) < 4.78 is 13.4. The lowest BCUT2D eigenvalue weighted by Crippen LogP contribution is -2.14. The highest BCUT2D eigenvalue weighted by atomic mass is 32.2. The maximum absolute atomic E-state index is 13.4. The average molecular weight is 275 g/mol. The van der Waals surface area contributed by atoms with Crippen molar-refractivity contribution in [3.8, 4) is 0 Å². The maximum atomic E-state index is 13.4. The van der Waals surface area contributed by atoms with Crippen molar-refractivity contribution < 1.29 is 4.39 Å². The number of benzene rings is 2. The summed E-state index contributed by atoms with van der Waals surface area (Å²) in [6.45, 7) is 3.78. The molecule has 1 N–H and O–H groups in total. The normalized spacial score (nSPS) is 10.6. The molecule has 0 bridgehead atoms. The van der Waals surface area contributed by atoms with E-state index >= 15 is 0 Å². The minimum Gasteiger partial charge on any atom is -0.313 e. The Hall–Kier alpha value is -1.32. The van der Waals surface area contributed by atoms with Crippen LogP contribution in [0.15, 0.2) is 58.3 Å². The Labute approximate surface area is 118 Å². The summed E-state index contributed by atoms with van der Waals surface area (Å²) in [7, 11) is 0. The van der Waals surface area contributed by atoms with Gasteiger partial charge in [0.15, 0.2) is 0 Å². The molecule has 0 fully saturated rings. The Morgan fingerprint density at radius 3 is 2.63 bits per heavy atom. The van der Waals surface area contributed by atoms with Gasteiger partial charge in [-0.2, -0.15) is 0 Å². The van der Waals surface area contributed by atoms with E-state index in [9.17, 15) is 4.39 Å². The largest absolute Gasteiger partial charge is 0.313 e. The highest BCUT2D eigenvalue weighted by molar-refractivity contribution is 7.99. The average Bonchev–Trinajstić information content (AvgIpc) is 2.43. The van der Waals surface area contributed by atoms with Crippen LogP contribution in [0.5, 0.6) is 0 Å². The number of nitrogens with one attached hydrogen (secondary N) is 1. The number of rotatable bonds is 6. The van der Waals surface area contributed by atoms with Gasteiger partial charge < -0.3 is 5.32 Å². The molecule has 0 aliphatic carbocycles. The van der Waals surface area contributed by atoms with E-state index < -0.39 is 0 Å². The number of hydrogen-bond donors (Lipinski definition) is 1. The third-order valence-corrected chi connectivity index (χ3v) is 3.86. The monoisotopic (exact) mass is 275 g/mol. The molecule has 2 rings (SSSR count). The van der Waals surface area contributed by atoms with Crippen molar-refractivity contribution in [2.45, 2.75) is 29.7 Å². The molecule has 0 saturated heterocycles. The van der Waals surface area contributed by atoms with Crippen LogP contribution >= 0.6 is 11.8 Å². The van der Waals surface area contributed by atoms with Gasteiger partial charge in [0.2, 0.25) is 0 Å². The van der Waals surface area contributed by atoms with Crippen molar-refractivity contribution in [1.29, 1.82) is 0 Å². The second kappa shape index (κ2) is 7.31. The molecule has 0 spiro atoms. The second-order valence-electron chi connectivity index (χ2n) is 4.34. The van der Waals surface area contributed by atoms with Crippen molar-refractivity contribution in [1.82, 2.24) is 5.32 Å². The fourth-order valence-electron chi connectivity index (χ4n) is 1.80. The van der Waals surface area contributed by atoms with Crippen LogP contribution in [0, 0.1) is 5.82 Å². The van der Waals surface area contributed by atoms with E-state index in [0.29, 0.717) is 6.54 Å². The van der Waals surface area contributed by atoms with Crippen molar-refractivity contribution in [3.05, 3.63) is 59.9 Å². The van der Waals surface area contributed by atoms with Gasteiger partial charge in [0.25, 0.3) is 0 Å². The van der Waals surface area contributed by atoms with E-state index in [1.807, 2.05) is 24.3 Å². The molecule has 0 aromatic heterocycles. The van der Waals surface area contributed by atoms with Gasteiger partial charge in [-0.05, 0) is 48.9 Å². The first kappa shape index (κ1) is 14.1. The molecule has 0 atom stereocenters. The van der Waals surface area contributed by atoms with Crippen molar-refractivity contribution in [2.75, 3.05) is 6.54 Å². The van der Waals surface area contributed by atoms with Crippen LogP contribution in [0.3, 0.4) is 0 Å². The van der Waals surface area contributed by atoms with Gasteiger partial charge in [-0.3, -0.25) is 0 Å². The fraction of sp³-hybridized carbons (Fsp3) is 0.250. The van der Waals surface area contributed by atoms with Crippen molar-refractivity contribution in [2.24, 2.45) is 0 Å². The lowest BCUT2D eigenvalue weighted by molar-refractivity contribution is 0.615. The van der Waals surface area contributed by atoms with E-state index in [4.69, 9.17) is 0 Å². The Balaban J connectivity index is 2.14. The van der Waals surface area contributed by atoms with Crippen LogP contribution in [-0.2, 0) is 6.54 Å². The highest BCUT2D eigenvalue weighted by Crippen LogP contribution is 2.30. The highest BCUT2D eigenvalue weighted by Gasteiger charge is 2.05. The smallest absolute Gasteiger partial charge is 0.123 e. The molecule has 2 aromatic carbocycles. The standard InChI is InChI=1S/C16H18FNS/c1-2-10-18-12-13-11-14(17)8-9-16(13)19-15-6-4-3-5-7-15/h3-9,11,18H,2,10,12H2,1H3. The van der Waals surface area contributed by atoms with Gasteiger partial charge in [0, 0.05) is 16.3 Å². The molecule has 0 amide bonds. The van der Waals surface area contributed by atoms with Crippen LogP contribution in [0.25, 0.3) is 0 Å². The third-order valence-electron chi connectivity index (χ3n) is 2.74. The first-order valence-corrected chi connectivity index (χ1v) is 7.33. The van der Waals surface area contributed by atoms with Crippen molar-refractivity contribution >= 4 is 11.8 Å². The van der Waals surface area contributed by atoms with Gasteiger partial charge in [0.05, 0.1) is 0 Å². The lowest BCUT2D eigenvalue weighted by Gasteiger charge is -2.10. The summed E-state index contributed by atoms with van der Waals surface area (Å²) in [5, 5.41) is 3.32. The lowest BCUT2D eigenvalue weighted by atomic mass is 10.2. The van der Waals surface area contributed by atoms with Gasteiger partial charge in [-0.25, -0.2) is 4.39 Å². The van der Waals surface area contributed by atoms with Crippen LogP contribution in [0.2, 0.25) is 0 Å². The van der Waals surface area contributed by atoms with E-state index in [1.54, 1.807) is 17.8 Å². The molecular formula is C16H18FNS. The maximum Gasteiger partial charge on any atom is 0.123 e. The van der Waals surface area contributed by atoms with Gasteiger partial charge in [-0.15, -0.1) is 0 Å². The molecule has 0 radical (unpaired) electrons. The summed E-state index contributed by atoms with van der Waals surface area (Å²) in [5.41, 5.74) is 1.02. The molecule has 1 nitrogen and oxygen atoms in total. The molecule has 0 saturated carbocycles. The summed E-state index contributed by atoms with van der Waals surface area (Å²) in [6, 6.07) is 15.2. The Morgan fingerprint density at radius 2 is 1.89 bits per heavy atom. The minimum absolute atomic E-state index is 0.175. The number of hydrogen-bond acceptors (Lipinski definition) is 2. The van der Waals surface area contributed by atoms with Crippen LogP contribution in [0.1, 0.15) is 18.9 Å². The van der Waals surface area contributed by atoms with Crippen LogP contribution in [0.4, 0.5) is 4.39 Å². The van der Waals surface area contributed by atoms with E-state index in [-0.39, 0.29) is 5.82 Å². The second-order valence-corrected chi connectivity index (χ2v) is 5.46. The topological polar surface area (TPSA) is 12.0 Å². The molecule has 3 heteroatoms. The summed E-state index contributed by atoms with van der Waals surface area (Å²) in [5.74, 6) is -0.175. The predicted molar refractivity (Wildman–Crippen MR) is 79.0 cm³/mol. The minimum atomic E-state index is -0.175. The molecule has 100 valence electrons. The molecule has 0 heterocycles. The van der Waals surface area contributed by atoms with Gasteiger partial charge >= 0.3 is 0 Å². The predicted octanol–water partition coefficient (Wildman–Crippen LogP) is 4.48. The summed E-state index contributed by atoms with van der Waals surface area (Å²) in [6.07, 6.45) is 1.08. The SMILES string of the molecule is CCCNCc1cc(F)ccc1Sc1ccccc1. The molecule has 0 unspecified atom stereocenters. The Morgan fingerprint density at radius 1 is 1.11 bits per heavy atom. The molecular weight excluding hydrogens is 257 g/mol. The summed E-state index contributed by atoms with van der Waals surface area (Å²) >= 11 is 1.67. The van der Waals surface area contributed by atoms with Crippen molar-refractivity contribution in [3.63, 3.8) is 0 Å². The molecule has 2 aromatic rings. The quantitative estimate of drug-likeness (QED) is 0.780. The van der Waals surface area contributed by atoms with Crippen LogP contribution in [-0.4, -0.2) is 6.54 Å². The first-order chi connectivity index (χ1) is 9.29. The Kier molecular flexibility index (Phi) is 5.43. The summed E-state index contributed by atoms with van der Waals surface area (Å²) in [4.78, 5) is 2.28. The van der Waals surface area contributed by atoms with Crippen LogP contribution < -0.4 is 5.32 Å². The molecule has 19 heavy (non-hydrogen) atoms. The van der Waals surface area contributed by atoms with E-state index in [0.717, 1.165) is 23.4 Å². The molecule has 0 aliphatic heterocycles. The first-order valence-electron chi connectivity index (χ1n) is 6.51. The zero-order valence-electron chi connectivity index (χ0n) is 11.0.